The maximum Gasteiger partial charge on any atom is 0.278 e. The summed E-state index contributed by atoms with van der Waals surface area (Å²) in [4.78, 5) is 4.06. The highest BCUT2D eigenvalue weighted by Gasteiger charge is 2.14. The number of aromatic nitrogens is 2. The molecule has 3 rings (SSSR count). The SMILES string of the molecule is CN(C)S(=O)(=O)NCCc1cn(Cc2ccncc2)c2cc(Br)ccc12. The van der Waals surface area contributed by atoms with Crippen LogP contribution in [-0.4, -0.2) is 42.9 Å². The molecule has 0 unspecified atom stereocenters. The number of nitrogens with zero attached hydrogens (tertiary/aromatic N) is 3. The summed E-state index contributed by atoms with van der Waals surface area (Å²) in [5, 5.41) is 1.13. The van der Waals surface area contributed by atoms with E-state index in [0.29, 0.717) is 13.0 Å². The Kier molecular flexibility index (Phi) is 5.76. The fourth-order valence-electron chi connectivity index (χ4n) is 2.80. The largest absolute Gasteiger partial charge is 0.343 e. The molecule has 6 nitrogen and oxygen atoms in total. The highest BCUT2D eigenvalue weighted by Crippen LogP contribution is 2.26. The first-order chi connectivity index (χ1) is 12.4. The normalized spacial score (nSPS) is 12.2. The van der Waals surface area contributed by atoms with E-state index in [9.17, 15) is 8.42 Å². The van der Waals surface area contributed by atoms with Gasteiger partial charge in [0, 0.05) is 61.2 Å². The van der Waals surface area contributed by atoms with Crippen molar-refractivity contribution in [2.45, 2.75) is 13.0 Å². The molecule has 3 aromatic rings. The van der Waals surface area contributed by atoms with Gasteiger partial charge in [-0.1, -0.05) is 22.0 Å². The Hall–Kier alpha value is -1.74. The molecule has 0 bridgehead atoms. The molecule has 0 aliphatic heterocycles. The van der Waals surface area contributed by atoms with Gasteiger partial charge >= 0.3 is 0 Å². The molecule has 2 aromatic heterocycles. The zero-order valence-corrected chi connectivity index (χ0v) is 17.1. The van der Waals surface area contributed by atoms with E-state index >= 15 is 0 Å². The second-order valence-electron chi connectivity index (χ2n) is 6.23. The lowest BCUT2D eigenvalue weighted by atomic mass is 10.1. The van der Waals surface area contributed by atoms with Crippen molar-refractivity contribution in [3.63, 3.8) is 0 Å². The summed E-state index contributed by atoms with van der Waals surface area (Å²) in [6.07, 6.45) is 6.29. The lowest BCUT2D eigenvalue weighted by Gasteiger charge is -2.11. The number of pyridine rings is 1. The van der Waals surface area contributed by atoms with Crippen molar-refractivity contribution in [3.8, 4) is 0 Å². The van der Waals surface area contributed by atoms with E-state index in [4.69, 9.17) is 0 Å². The van der Waals surface area contributed by atoms with Crippen LogP contribution in [0.15, 0.2) is 53.4 Å². The second kappa shape index (κ2) is 7.87. The standard InChI is InChI=1S/C18H21BrN4O2S/c1-22(2)26(24,25)21-10-7-15-13-23(12-14-5-8-20-9-6-14)18-11-16(19)3-4-17(15)18/h3-6,8-9,11,13,21H,7,10,12H2,1-2H3. The molecule has 8 heteroatoms. The molecule has 1 aromatic carbocycles. The van der Waals surface area contributed by atoms with Crippen molar-refractivity contribution in [2.75, 3.05) is 20.6 Å². The summed E-state index contributed by atoms with van der Waals surface area (Å²) in [7, 11) is -0.379. The number of hydrogen-bond donors (Lipinski definition) is 1. The Morgan fingerprint density at radius 1 is 1.19 bits per heavy atom. The Bertz CT molecular complexity index is 1000. The van der Waals surface area contributed by atoms with Gasteiger partial charge in [0.15, 0.2) is 0 Å². The minimum atomic E-state index is -3.41. The molecule has 0 saturated carbocycles. The van der Waals surface area contributed by atoms with Gasteiger partial charge in [-0.15, -0.1) is 0 Å². The minimum absolute atomic E-state index is 0.352. The van der Waals surface area contributed by atoms with E-state index in [1.165, 1.54) is 18.4 Å². The molecule has 0 aliphatic carbocycles. The zero-order valence-electron chi connectivity index (χ0n) is 14.7. The molecule has 0 fully saturated rings. The summed E-state index contributed by atoms with van der Waals surface area (Å²) < 4.78 is 30.7. The van der Waals surface area contributed by atoms with Gasteiger partial charge in [-0.3, -0.25) is 4.98 Å². The van der Waals surface area contributed by atoms with Crippen LogP contribution in [0.2, 0.25) is 0 Å². The summed E-state index contributed by atoms with van der Waals surface area (Å²) in [5.41, 5.74) is 3.39. The van der Waals surface area contributed by atoms with Crippen molar-refractivity contribution in [1.82, 2.24) is 18.6 Å². The van der Waals surface area contributed by atoms with Gasteiger partial charge < -0.3 is 4.57 Å². The summed E-state index contributed by atoms with van der Waals surface area (Å²) in [6, 6.07) is 10.2. The molecule has 138 valence electrons. The molecular weight excluding hydrogens is 416 g/mol. The van der Waals surface area contributed by atoms with E-state index in [0.717, 1.165) is 33.0 Å². The van der Waals surface area contributed by atoms with Gasteiger partial charge in [-0.2, -0.15) is 12.7 Å². The van der Waals surface area contributed by atoms with Gasteiger partial charge in [-0.05, 0) is 41.8 Å². The average molecular weight is 437 g/mol. The number of fused-ring (bicyclic) bond motifs is 1. The van der Waals surface area contributed by atoms with E-state index in [2.05, 4.69) is 48.5 Å². The molecule has 1 N–H and O–H groups in total. The highest BCUT2D eigenvalue weighted by atomic mass is 79.9. The maximum atomic E-state index is 11.9. The molecule has 0 aliphatic rings. The Labute approximate surface area is 162 Å². The predicted octanol–water partition coefficient (Wildman–Crippen LogP) is 2.79. The maximum absolute atomic E-state index is 11.9. The molecule has 0 spiro atoms. The van der Waals surface area contributed by atoms with Gasteiger partial charge in [0.05, 0.1) is 0 Å². The van der Waals surface area contributed by atoms with Crippen LogP contribution in [0.1, 0.15) is 11.1 Å². The third-order valence-corrected chi connectivity index (χ3v) is 6.21. The van der Waals surface area contributed by atoms with E-state index < -0.39 is 10.2 Å². The highest BCUT2D eigenvalue weighted by molar-refractivity contribution is 9.10. The molecule has 0 saturated heterocycles. The first kappa shape index (κ1) is 19.0. The third-order valence-electron chi connectivity index (χ3n) is 4.19. The lowest BCUT2D eigenvalue weighted by Crippen LogP contribution is -2.36. The first-order valence-electron chi connectivity index (χ1n) is 8.20. The molecule has 0 amide bonds. The van der Waals surface area contributed by atoms with Crippen LogP contribution in [-0.2, 0) is 23.2 Å². The van der Waals surface area contributed by atoms with Gasteiger partial charge in [0.2, 0.25) is 0 Å². The number of hydrogen-bond acceptors (Lipinski definition) is 3. The zero-order chi connectivity index (χ0) is 18.7. The van der Waals surface area contributed by atoms with Gasteiger partial charge in [0.25, 0.3) is 10.2 Å². The Morgan fingerprint density at radius 3 is 2.62 bits per heavy atom. The second-order valence-corrected chi connectivity index (χ2v) is 9.12. The Morgan fingerprint density at radius 2 is 1.92 bits per heavy atom. The van der Waals surface area contributed by atoms with Crippen LogP contribution in [0.25, 0.3) is 10.9 Å². The fraction of sp³-hybridized carbons (Fsp3) is 0.278. The van der Waals surface area contributed by atoms with Crippen LogP contribution in [0, 0.1) is 0 Å². The summed E-state index contributed by atoms with van der Waals surface area (Å²) in [6.45, 7) is 1.09. The smallest absolute Gasteiger partial charge is 0.278 e. The lowest BCUT2D eigenvalue weighted by molar-refractivity contribution is 0.506. The quantitative estimate of drug-likeness (QED) is 0.618. The number of benzene rings is 1. The molecule has 0 atom stereocenters. The van der Waals surface area contributed by atoms with Crippen molar-refractivity contribution in [2.24, 2.45) is 0 Å². The molecule has 26 heavy (non-hydrogen) atoms. The fourth-order valence-corrected chi connectivity index (χ4v) is 3.77. The van der Waals surface area contributed by atoms with E-state index in [-0.39, 0.29) is 0 Å². The molecule has 0 radical (unpaired) electrons. The van der Waals surface area contributed by atoms with Crippen LogP contribution >= 0.6 is 15.9 Å². The predicted molar refractivity (Wildman–Crippen MR) is 107 cm³/mol. The summed E-state index contributed by atoms with van der Waals surface area (Å²) in [5.74, 6) is 0. The molecular formula is C18H21BrN4O2S. The number of nitrogens with one attached hydrogen (secondary N) is 1. The summed E-state index contributed by atoms with van der Waals surface area (Å²) >= 11 is 3.54. The number of halogens is 1. The van der Waals surface area contributed by atoms with Crippen molar-refractivity contribution in [1.29, 1.82) is 0 Å². The van der Waals surface area contributed by atoms with Crippen LogP contribution in [0.5, 0.6) is 0 Å². The van der Waals surface area contributed by atoms with E-state index in [1.54, 1.807) is 12.4 Å². The van der Waals surface area contributed by atoms with Gasteiger partial charge in [0.1, 0.15) is 0 Å². The Balaban J connectivity index is 1.86. The van der Waals surface area contributed by atoms with Crippen molar-refractivity contribution >= 4 is 37.0 Å². The van der Waals surface area contributed by atoms with Crippen molar-refractivity contribution in [3.05, 3.63) is 64.5 Å². The van der Waals surface area contributed by atoms with Crippen LogP contribution in [0.3, 0.4) is 0 Å². The monoisotopic (exact) mass is 436 g/mol. The van der Waals surface area contributed by atoms with Gasteiger partial charge in [-0.25, -0.2) is 4.72 Å². The van der Waals surface area contributed by atoms with Crippen molar-refractivity contribution < 1.29 is 8.42 Å². The first-order valence-corrected chi connectivity index (χ1v) is 10.4. The topological polar surface area (TPSA) is 67.2 Å². The third kappa shape index (κ3) is 4.32. The average Bonchev–Trinajstić information content (AvgIpc) is 2.92. The van der Waals surface area contributed by atoms with Crippen LogP contribution < -0.4 is 4.72 Å². The number of rotatable bonds is 7. The van der Waals surface area contributed by atoms with E-state index in [1.807, 2.05) is 18.2 Å². The molecule has 2 heterocycles. The van der Waals surface area contributed by atoms with Crippen LogP contribution in [0.4, 0.5) is 0 Å². The minimum Gasteiger partial charge on any atom is -0.343 e.